The van der Waals surface area contributed by atoms with Gasteiger partial charge in [0.05, 0.1) is 23.3 Å². The first-order valence-electron chi connectivity index (χ1n) is 21.7. The highest BCUT2D eigenvalue weighted by Crippen LogP contribution is 2.40. The van der Waals surface area contributed by atoms with Gasteiger partial charge in [-0.05, 0) is 68.8 Å². The molecule has 0 fully saturated rings. The standard InChI is InChI=1S/C57H54N2O4/c1-55(2,53(60)58-51(49-35-19-31-45-29-15-17-33-47(45)49)56(62,37-41-21-7-3-8-22-41)38-42-23-9-4-10-24-42)54(61)59-52(50-36-20-32-46-30-16-18-34-48(46)50)57(63,39-43-25-11-5-12-26-43)40-44-27-13-6-14-28-44/h3-36,51-52,62-63H,37-40H2,1-2H3,(H,58,60)(H,59,61)/t51-,52-/m0/s1. The third kappa shape index (κ3) is 9.63. The zero-order chi connectivity index (χ0) is 43.9. The van der Waals surface area contributed by atoms with Gasteiger partial charge in [-0.25, -0.2) is 0 Å². The highest BCUT2D eigenvalue weighted by molar-refractivity contribution is 6.05. The van der Waals surface area contributed by atoms with Crippen LogP contribution in [0, 0.1) is 5.41 Å². The summed E-state index contributed by atoms with van der Waals surface area (Å²) in [7, 11) is 0. The Hall–Kier alpha value is -6.86. The Morgan fingerprint density at radius 2 is 0.667 bits per heavy atom. The lowest BCUT2D eigenvalue weighted by Gasteiger charge is -2.41. The van der Waals surface area contributed by atoms with Crippen molar-refractivity contribution >= 4 is 33.4 Å². The molecule has 63 heavy (non-hydrogen) atoms. The zero-order valence-electron chi connectivity index (χ0n) is 35.8. The predicted octanol–water partition coefficient (Wildman–Crippen LogP) is 10.5. The maximum Gasteiger partial charge on any atom is 0.235 e. The Bertz CT molecular complexity index is 2510. The molecule has 8 aromatic carbocycles. The normalized spacial score (nSPS) is 13.0. The quantitative estimate of drug-likeness (QED) is 0.0729. The van der Waals surface area contributed by atoms with Crippen molar-refractivity contribution in [1.82, 2.24) is 10.6 Å². The molecule has 2 atom stereocenters. The number of aliphatic hydroxyl groups is 2. The molecule has 316 valence electrons. The molecule has 8 aromatic rings. The lowest BCUT2D eigenvalue weighted by Crippen LogP contribution is -2.57. The van der Waals surface area contributed by atoms with E-state index in [4.69, 9.17) is 0 Å². The number of hydrogen-bond donors (Lipinski definition) is 4. The molecule has 0 radical (unpaired) electrons. The van der Waals surface area contributed by atoms with E-state index >= 15 is 9.59 Å². The van der Waals surface area contributed by atoms with Crippen molar-refractivity contribution in [3.63, 3.8) is 0 Å². The van der Waals surface area contributed by atoms with E-state index < -0.39 is 40.5 Å². The van der Waals surface area contributed by atoms with Crippen LogP contribution in [0.15, 0.2) is 206 Å². The van der Waals surface area contributed by atoms with Crippen LogP contribution in [-0.4, -0.2) is 33.2 Å². The first-order valence-corrected chi connectivity index (χ1v) is 21.7. The minimum absolute atomic E-state index is 0.221. The molecule has 6 heteroatoms. The number of carbonyl (C=O) groups is 2. The van der Waals surface area contributed by atoms with Crippen LogP contribution in [0.3, 0.4) is 0 Å². The van der Waals surface area contributed by atoms with Gasteiger partial charge >= 0.3 is 0 Å². The SMILES string of the molecule is CC(C)(C(=O)N[C@@H](c1cccc2ccccc12)C(O)(Cc1ccccc1)Cc1ccccc1)C(=O)N[C@@H](c1cccc2ccccc12)C(O)(Cc1ccccc1)Cc1ccccc1. The van der Waals surface area contributed by atoms with Crippen molar-refractivity contribution in [2.45, 2.75) is 62.8 Å². The average Bonchev–Trinajstić information content (AvgIpc) is 3.30. The Morgan fingerprint density at radius 3 is 0.984 bits per heavy atom. The van der Waals surface area contributed by atoms with Crippen molar-refractivity contribution < 1.29 is 19.8 Å². The van der Waals surface area contributed by atoms with E-state index in [1.165, 1.54) is 0 Å². The number of amides is 2. The van der Waals surface area contributed by atoms with Crippen LogP contribution in [0.25, 0.3) is 21.5 Å². The molecule has 0 aromatic heterocycles. The highest BCUT2D eigenvalue weighted by atomic mass is 16.3. The highest BCUT2D eigenvalue weighted by Gasteiger charge is 2.47. The molecule has 0 aliphatic rings. The zero-order valence-corrected chi connectivity index (χ0v) is 35.8. The lowest BCUT2D eigenvalue weighted by atomic mass is 9.76. The minimum Gasteiger partial charge on any atom is -0.387 e. The average molecular weight is 831 g/mol. The van der Waals surface area contributed by atoms with Gasteiger partial charge in [0.15, 0.2) is 0 Å². The van der Waals surface area contributed by atoms with Crippen molar-refractivity contribution in [1.29, 1.82) is 0 Å². The van der Waals surface area contributed by atoms with Crippen molar-refractivity contribution in [2.24, 2.45) is 5.41 Å². The molecule has 8 rings (SSSR count). The minimum atomic E-state index is -1.69. The monoisotopic (exact) mass is 830 g/mol. The summed E-state index contributed by atoms with van der Waals surface area (Å²) in [6.07, 6.45) is 0.884. The van der Waals surface area contributed by atoms with E-state index in [1.54, 1.807) is 13.8 Å². The fourth-order valence-corrected chi connectivity index (χ4v) is 9.06. The first-order chi connectivity index (χ1) is 30.5. The first kappa shape index (κ1) is 42.8. The molecule has 2 amide bonds. The number of fused-ring (bicyclic) bond motifs is 2. The molecular formula is C57H54N2O4. The Balaban J connectivity index is 1.21. The van der Waals surface area contributed by atoms with E-state index in [1.807, 2.05) is 206 Å². The van der Waals surface area contributed by atoms with Crippen LogP contribution in [-0.2, 0) is 35.3 Å². The number of benzene rings is 8. The van der Waals surface area contributed by atoms with Crippen LogP contribution in [0.2, 0.25) is 0 Å². The lowest BCUT2D eigenvalue weighted by molar-refractivity contribution is -0.145. The van der Waals surface area contributed by atoms with Crippen LogP contribution in [0.4, 0.5) is 0 Å². The predicted molar refractivity (Wildman–Crippen MR) is 254 cm³/mol. The summed E-state index contributed by atoms with van der Waals surface area (Å²) < 4.78 is 0. The summed E-state index contributed by atoms with van der Waals surface area (Å²) in [5, 5.41) is 36.8. The molecule has 0 spiro atoms. The second-order valence-electron chi connectivity index (χ2n) is 17.4. The van der Waals surface area contributed by atoms with Crippen LogP contribution < -0.4 is 10.6 Å². The van der Waals surface area contributed by atoms with Gasteiger partial charge in [0.25, 0.3) is 0 Å². The summed E-state index contributed by atoms with van der Waals surface area (Å²) in [5.74, 6) is -1.13. The molecule has 0 bridgehead atoms. The largest absolute Gasteiger partial charge is 0.387 e. The Morgan fingerprint density at radius 1 is 0.397 bits per heavy atom. The molecule has 0 heterocycles. The molecule has 0 unspecified atom stereocenters. The number of rotatable bonds is 16. The van der Waals surface area contributed by atoms with Crippen LogP contribution in [0.1, 0.15) is 59.3 Å². The van der Waals surface area contributed by atoms with Crippen molar-refractivity contribution in [2.75, 3.05) is 0 Å². The van der Waals surface area contributed by atoms with Crippen molar-refractivity contribution in [3.8, 4) is 0 Å². The molecule has 4 N–H and O–H groups in total. The topological polar surface area (TPSA) is 98.7 Å². The van der Waals surface area contributed by atoms with Crippen LogP contribution >= 0.6 is 0 Å². The van der Waals surface area contributed by atoms with Gasteiger partial charge in [-0.1, -0.05) is 206 Å². The maximum atomic E-state index is 15.2. The number of carbonyl (C=O) groups excluding carboxylic acids is 2. The van der Waals surface area contributed by atoms with E-state index in [2.05, 4.69) is 10.6 Å². The molecular weight excluding hydrogens is 777 g/mol. The third-order valence-electron chi connectivity index (χ3n) is 12.4. The van der Waals surface area contributed by atoms with E-state index in [-0.39, 0.29) is 25.7 Å². The second-order valence-corrected chi connectivity index (χ2v) is 17.4. The fraction of sp³-hybridized carbons (Fsp3) is 0.193. The molecule has 0 saturated carbocycles. The number of nitrogens with one attached hydrogen (secondary N) is 2. The van der Waals surface area contributed by atoms with Gasteiger partial charge in [0.2, 0.25) is 11.8 Å². The summed E-state index contributed by atoms with van der Waals surface area (Å²) in [4.78, 5) is 30.4. The second kappa shape index (κ2) is 18.6. The maximum absolute atomic E-state index is 15.2. The van der Waals surface area contributed by atoms with E-state index in [9.17, 15) is 10.2 Å². The van der Waals surface area contributed by atoms with Crippen molar-refractivity contribution in [3.05, 3.63) is 240 Å². The Labute approximate surface area is 370 Å². The molecule has 0 aliphatic carbocycles. The fourth-order valence-electron chi connectivity index (χ4n) is 9.06. The van der Waals surface area contributed by atoms with E-state index in [0.717, 1.165) is 54.9 Å². The number of hydrogen-bond acceptors (Lipinski definition) is 4. The summed E-state index contributed by atoms with van der Waals surface area (Å²) in [5.41, 5.74) is 0.303. The van der Waals surface area contributed by atoms with Gasteiger partial charge in [0, 0.05) is 25.7 Å². The smallest absolute Gasteiger partial charge is 0.235 e. The van der Waals surface area contributed by atoms with Gasteiger partial charge in [-0.15, -0.1) is 0 Å². The molecule has 0 aliphatic heterocycles. The van der Waals surface area contributed by atoms with Gasteiger partial charge in [0.1, 0.15) is 5.41 Å². The summed E-state index contributed by atoms with van der Waals surface area (Å²) >= 11 is 0. The van der Waals surface area contributed by atoms with Crippen LogP contribution in [0.5, 0.6) is 0 Å². The molecule has 0 saturated heterocycles. The Kier molecular flexibility index (Phi) is 12.7. The molecule has 6 nitrogen and oxygen atoms in total. The van der Waals surface area contributed by atoms with Gasteiger partial charge < -0.3 is 20.8 Å². The summed E-state index contributed by atoms with van der Waals surface area (Å²) in [6, 6.07) is 65.0. The van der Waals surface area contributed by atoms with E-state index in [0.29, 0.717) is 0 Å². The summed E-state index contributed by atoms with van der Waals surface area (Å²) in [6.45, 7) is 3.22. The third-order valence-corrected chi connectivity index (χ3v) is 12.4. The van der Waals surface area contributed by atoms with Gasteiger partial charge in [-0.2, -0.15) is 0 Å². The van der Waals surface area contributed by atoms with Gasteiger partial charge in [-0.3, -0.25) is 9.59 Å².